The number of nitrogens with one attached hydrogen (secondary N) is 2. The predicted molar refractivity (Wildman–Crippen MR) is 249 cm³/mol. The second-order valence-corrected chi connectivity index (χ2v) is 16.4. The molecule has 4 aromatic carbocycles. The molecule has 0 aliphatic rings. The zero-order chi connectivity index (χ0) is 42.9. The minimum Gasteiger partial charge on any atom is -0.443 e. The highest BCUT2D eigenvalue weighted by Crippen LogP contribution is 2.27. The van der Waals surface area contributed by atoms with E-state index in [1.54, 1.807) is 38.2 Å². The first-order valence-electron chi connectivity index (χ1n) is 18.4. The van der Waals surface area contributed by atoms with Crippen LogP contribution < -0.4 is 20.7 Å². The summed E-state index contributed by atoms with van der Waals surface area (Å²) in [7, 11) is 3.44. The van der Waals surface area contributed by atoms with E-state index in [0.717, 1.165) is 39.2 Å². The topological polar surface area (TPSA) is 121 Å². The molecule has 0 unspecified atom stereocenters. The van der Waals surface area contributed by atoms with Crippen molar-refractivity contribution < 1.29 is 23.9 Å². The Hall–Kier alpha value is -5.43. The molecule has 0 saturated heterocycles. The first-order chi connectivity index (χ1) is 26.6. The number of pyridine rings is 1. The van der Waals surface area contributed by atoms with Crippen LogP contribution in [0, 0.1) is 24.3 Å². The van der Waals surface area contributed by atoms with Crippen LogP contribution in [0.4, 0.5) is 26.7 Å². The van der Waals surface area contributed by atoms with E-state index in [-0.39, 0.29) is 31.1 Å². The normalized spacial score (nSPS) is 10.3. The Morgan fingerprint density at radius 1 is 0.638 bits per heavy atom. The van der Waals surface area contributed by atoms with Crippen molar-refractivity contribution in [3.8, 4) is 11.1 Å². The maximum Gasteiger partial charge on any atom is 0.414 e. The number of aromatic nitrogens is 1. The fourth-order valence-corrected chi connectivity index (χ4v) is 5.20. The number of aromatic amines is 1. The summed E-state index contributed by atoms with van der Waals surface area (Å²) >= 11 is 2.28. The highest BCUT2D eigenvalue weighted by Gasteiger charge is 2.22. The van der Waals surface area contributed by atoms with Crippen molar-refractivity contribution in [1.82, 2.24) is 4.98 Å². The Morgan fingerprint density at radius 2 is 1.14 bits per heavy atom. The quantitative estimate of drug-likeness (QED) is 0.173. The van der Waals surface area contributed by atoms with Crippen molar-refractivity contribution in [3.05, 3.63) is 146 Å². The van der Waals surface area contributed by atoms with Gasteiger partial charge in [-0.3, -0.25) is 19.4 Å². The second-order valence-electron chi connectivity index (χ2n) is 15.2. The standard InChI is InChI=1S/C19H23NO2.C13H19NO2.C8H10N2O2.C6H5I.CH4/c1-14-11-16(15-9-7-6-8-10-15)13-17(12-14)20(5)18(21)22-19(2,3)4;1-10-7-6-8-11(9-10)14(5)12(15)16-13(2,3)4;1-5-3-4-9-8(12)7(5)10-6(2)11;7-6-4-2-1-3-5-6;/h6-13H,1-5H3;6-9H,1-5H3;3-4H,1-2H3,(H,9,12)(H,10,11);1-5H;1H4. The molecule has 0 spiro atoms. The van der Waals surface area contributed by atoms with Crippen molar-refractivity contribution in [2.45, 2.75) is 87.9 Å². The molecule has 0 radical (unpaired) electrons. The minimum atomic E-state index is -0.503. The Kier molecular flexibility index (Phi) is 20.7. The zero-order valence-electron chi connectivity index (χ0n) is 35.2. The number of hydrogen-bond donors (Lipinski definition) is 2. The average molecular weight is 905 g/mol. The Balaban J connectivity index is 0.000000411. The molecular formula is C47H61IN4O6. The lowest BCUT2D eigenvalue weighted by Gasteiger charge is -2.25. The van der Waals surface area contributed by atoms with Gasteiger partial charge in [0.1, 0.15) is 16.9 Å². The lowest BCUT2D eigenvalue weighted by atomic mass is 10.0. The van der Waals surface area contributed by atoms with E-state index in [1.165, 1.54) is 15.4 Å². The summed E-state index contributed by atoms with van der Waals surface area (Å²) < 4.78 is 12.0. The molecule has 1 aromatic heterocycles. The van der Waals surface area contributed by atoms with Gasteiger partial charge in [-0.05, 0) is 155 Å². The third-order valence-electron chi connectivity index (χ3n) is 7.48. The van der Waals surface area contributed by atoms with Gasteiger partial charge in [0.15, 0.2) is 0 Å². The molecule has 11 heteroatoms. The summed E-state index contributed by atoms with van der Waals surface area (Å²) in [4.78, 5) is 51.3. The van der Waals surface area contributed by atoms with E-state index in [4.69, 9.17) is 9.47 Å². The molecule has 0 aliphatic carbocycles. The third kappa shape index (κ3) is 19.1. The number of ether oxygens (including phenoxy) is 2. The molecule has 0 fully saturated rings. The number of benzene rings is 4. The molecule has 10 nitrogen and oxygen atoms in total. The lowest BCUT2D eigenvalue weighted by molar-refractivity contribution is -0.114. The maximum absolute atomic E-state index is 12.2. The first kappa shape index (κ1) is 50.6. The number of rotatable bonds is 4. The van der Waals surface area contributed by atoms with Crippen molar-refractivity contribution in [1.29, 1.82) is 0 Å². The Labute approximate surface area is 359 Å². The highest BCUT2D eigenvalue weighted by atomic mass is 127. The molecular weight excluding hydrogens is 843 g/mol. The van der Waals surface area contributed by atoms with Crippen LogP contribution in [-0.2, 0) is 14.3 Å². The number of carbonyl (C=O) groups excluding carboxylic acids is 3. The number of hydrogen-bond acceptors (Lipinski definition) is 6. The molecule has 5 rings (SSSR count). The first-order valence-corrected chi connectivity index (χ1v) is 19.5. The summed E-state index contributed by atoms with van der Waals surface area (Å²) in [5.41, 5.74) is 5.95. The van der Waals surface area contributed by atoms with Crippen LogP contribution in [0.5, 0.6) is 0 Å². The second kappa shape index (κ2) is 23.7. The van der Waals surface area contributed by atoms with E-state index >= 15 is 0 Å². The molecule has 1 heterocycles. The summed E-state index contributed by atoms with van der Waals surface area (Å²) in [6, 6.07) is 35.9. The molecule has 2 N–H and O–H groups in total. The number of H-pyrrole nitrogens is 1. The van der Waals surface area contributed by atoms with Crippen LogP contribution in [-0.4, -0.2) is 48.4 Å². The van der Waals surface area contributed by atoms with E-state index in [2.05, 4.69) is 63.2 Å². The van der Waals surface area contributed by atoms with Gasteiger partial charge >= 0.3 is 12.2 Å². The largest absolute Gasteiger partial charge is 0.443 e. The minimum absolute atomic E-state index is 0. The Bertz CT molecular complexity index is 2110. The molecule has 0 atom stereocenters. The van der Waals surface area contributed by atoms with E-state index in [9.17, 15) is 19.2 Å². The maximum atomic E-state index is 12.2. The van der Waals surface area contributed by atoms with Crippen LogP contribution in [0.3, 0.4) is 0 Å². The molecule has 5 aromatic rings. The SMILES string of the molecule is C.CC(=O)Nc1c(C)cc[nH]c1=O.Cc1cc(-c2ccccc2)cc(N(C)C(=O)OC(C)(C)C)c1.Cc1cccc(N(C)C(=O)OC(C)(C)C)c1.Ic1ccccc1. The number of nitrogens with zero attached hydrogens (tertiary/aromatic N) is 2. The summed E-state index contributed by atoms with van der Waals surface area (Å²) in [6.07, 6.45) is 0.860. The van der Waals surface area contributed by atoms with Crippen LogP contribution in [0.25, 0.3) is 11.1 Å². The van der Waals surface area contributed by atoms with Gasteiger partial charge < -0.3 is 19.8 Å². The Morgan fingerprint density at radius 3 is 1.59 bits per heavy atom. The average Bonchev–Trinajstić information content (AvgIpc) is 3.12. The van der Waals surface area contributed by atoms with Gasteiger partial charge in [-0.25, -0.2) is 9.59 Å². The smallest absolute Gasteiger partial charge is 0.414 e. The van der Waals surface area contributed by atoms with Gasteiger partial charge in [0.05, 0.1) is 0 Å². The zero-order valence-corrected chi connectivity index (χ0v) is 37.3. The fourth-order valence-electron chi connectivity index (χ4n) is 4.78. The summed E-state index contributed by atoms with van der Waals surface area (Å²) in [5, 5.41) is 2.46. The molecule has 58 heavy (non-hydrogen) atoms. The monoisotopic (exact) mass is 904 g/mol. The van der Waals surface area contributed by atoms with Gasteiger partial charge in [0, 0.05) is 42.2 Å². The van der Waals surface area contributed by atoms with Gasteiger partial charge in [-0.15, -0.1) is 0 Å². The fraction of sp³-hybridized carbons (Fsp3) is 0.319. The molecule has 0 bridgehead atoms. The predicted octanol–water partition coefficient (Wildman–Crippen LogP) is 12.0. The van der Waals surface area contributed by atoms with Crippen molar-refractivity contribution in [2.75, 3.05) is 29.2 Å². The highest BCUT2D eigenvalue weighted by molar-refractivity contribution is 14.1. The third-order valence-corrected chi connectivity index (χ3v) is 8.20. The van der Waals surface area contributed by atoms with E-state index in [0.29, 0.717) is 5.69 Å². The number of halogens is 1. The number of carbonyl (C=O) groups is 3. The molecule has 0 aliphatic heterocycles. The van der Waals surface area contributed by atoms with Crippen molar-refractivity contribution in [2.24, 2.45) is 0 Å². The number of anilines is 3. The van der Waals surface area contributed by atoms with Gasteiger partial charge in [0.25, 0.3) is 5.56 Å². The van der Waals surface area contributed by atoms with Crippen LogP contribution in [0.2, 0.25) is 0 Å². The number of aryl methyl sites for hydroxylation is 3. The summed E-state index contributed by atoms with van der Waals surface area (Å²) in [6.45, 7) is 18.3. The van der Waals surface area contributed by atoms with Gasteiger partial charge in [-0.2, -0.15) is 0 Å². The molecule has 312 valence electrons. The molecule has 3 amide bonds. The van der Waals surface area contributed by atoms with Gasteiger partial charge in [-0.1, -0.05) is 74.2 Å². The number of amides is 3. The van der Waals surface area contributed by atoms with Crippen LogP contribution in [0.15, 0.2) is 120 Å². The van der Waals surface area contributed by atoms with Gasteiger partial charge in [0.2, 0.25) is 5.91 Å². The van der Waals surface area contributed by atoms with Crippen molar-refractivity contribution >= 4 is 57.7 Å². The molecule has 0 saturated carbocycles. The van der Waals surface area contributed by atoms with E-state index < -0.39 is 11.2 Å². The van der Waals surface area contributed by atoms with Crippen molar-refractivity contribution in [3.63, 3.8) is 0 Å². The lowest BCUT2D eigenvalue weighted by Crippen LogP contribution is -2.34. The van der Waals surface area contributed by atoms with Crippen LogP contribution >= 0.6 is 22.6 Å². The van der Waals surface area contributed by atoms with E-state index in [1.807, 2.05) is 128 Å². The summed E-state index contributed by atoms with van der Waals surface area (Å²) in [5.74, 6) is -0.241. The van der Waals surface area contributed by atoms with Crippen LogP contribution in [0.1, 0.15) is 72.6 Å².